The number of methoxy groups -OCH3 is 1. The molecule has 2 aromatic carbocycles. The maximum Gasteiger partial charge on any atom is 0.305 e. The number of thiazole rings is 1. The summed E-state index contributed by atoms with van der Waals surface area (Å²) in [6.07, 6.45) is 0. The lowest BCUT2D eigenvalue weighted by Crippen LogP contribution is -2.42. The SMILES string of the molecule is COc1ccc(N2C(=O)C3Sc4[nH]c(=O)sc4C(c4ccc(OCC(=O)N5CCOCC5)cc4)C3C2=O)cc1. The highest BCUT2D eigenvalue weighted by Crippen LogP contribution is 2.53. The summed E-state index contributed by atoms with van der Waals surface area (Å²) in [5, 5.41) is -0.0603. The topological polar surface area (TPSA) is 118 Å². The highest BCUT2D eigenvalue weighted by molar-refractivity contribution is 8.00. The molecule has 1 N–H and O–H groups in total. The van der Waals surface area contributed by atoms with Crippen molar-refractivity contribution in [2.45, 2.75) is 16.2 Å². The number of ether oxygens (including phenoxy) is 3. The summed E-state index contributed by atoms with van der Waals surface area (Å²) in [6.45, 7) is 2.05. The van der Waals surface area contributed by atoms with Crippen molar-refractivity contribution in [2.75, 3.05) is 44.9 Å². The van der Waals surface area contributed by atoms with Crippen LogP contribution in [0.4, 0.5) is 5.69 Å². The Morgan fingerprint density at radius 1 is 1.00 bits per heavy atom. The molecular formula is C27H25N3O7S2. The Hall–Kier alpha value is -3.61. The molecule has 2 fully saturated rings. The molecule has 3 aliphatic rings. The fraction of sp³-hybridized carbons (Fsp3) is 0.333. The van der Waals surface area contributed by atoms with Gasteiger partial charge < -0.3 is 24.1 Å². The van der Waals surface area contributed by atoms with Gasteiger partial charge in [-0.15, -0.1) is 0 Å². The first-order valence-electron chi connectivity index (χ1n) is 12.4. The summed E-state index contributed by atoms with van der Waals surface area (Å²) >= 11 is 2.29. The predicted octanol–water partition coefficient (Wildman–Crippen LogP) is 2.48. The zero-order valence-electron chi connectivity index (χ0n) is 21.0. The minimum atomic E-state index is -0.682. The number of aromatic amines is 1. The lowest BCUT2D eigenvalue weighted by molar-refractivity contribution is -0.137. The molecule has 0 spiro atoms. The Morgan fingerprint density at radius 2 is 1.69 bits per heavy atom. The van der Waals surface area contributed by atoms with Crippen LogP contribution >= 0.6 is 23.1 Å². The minimum Gasteiger partial charge on any atom is -0.497 e. The number of carbonyl (C=O) groups excluding carboxylic acids is 3. The van der Waals surface area contributed by atoms with E-state index in [9.17, 15) is 19.2 Å². The third-order valence-electron chi connectivity index (χ3n) is 7.12. The molecule has 0 saturated carbocycles. The van der Waals surface area contributed by atoms with E-state index in [-0.39, 0.29) is 29.2 Å². The number of nitrogens with zero attached hydrogens (tertiary/aromatic N) is 2. The maximum absolute atomic E-state index is 13.8. The average molecular weight is 568 g/mol. The Kier molecular flexibility index (Phi) is 6.92. The molecule has 10 nitrogen and oxygen atoms in total. The van der Waals surface area contributed by atoms with Crippen LogP contribution in [0.15, 0.2) is 58.4 Å². The second-order valence-corrected chi connectivity index (χ2v) is 11.5. The van der Waals surface area contributed by atoms with Crippen molar-refractivity contribution in [3.05, 3.63) is 68.6 Å². The van der Waals surface area contributed by atoms with Gasteiger partial charge in [-0.25, -0.2) is 4.90 Å². The van der Waals surface area contributed by atoms with E-state index in [4.69, 9.17) is 14.2 Å². The molecule has 39 heavy (non-hydrogen) atoms. The lowest BCUT2D eigenvalue weighted by Gasteiger charge is -2.30. The van der Waals surface area contributed by atoms with Crippen molar-refractivity contribution < 1.29 is 28.6 Å². The van der Waals surface area contributed by atoms with E-state index < -0.39 is 17.1 Å². The van der Waals surface area contributed by atoms with Gasteiger partial charge in [0.25, 0.3) is 5.91 Å². The second kappa shape index (κ2) is 10.5. The average Bonchev–Trinajstić information content (AvgIpc) is 3.46. The quantitative estimate of drug-likeness (QED) is 0.452. The summed E-state index contributed by atoms with van der Waals surface area (Å²) in [7, 11) is 1.55. The summed E-state index contributed by atoms with van der Waals surface area (Å²) in [4.78, 5) is 58.3. The smallest absolute Gasteiger partial charge is 0.305 e. The standard InChI is InChI=1S/C27H25N3O7S2/c1-35-17-8-4-16(5-9-17)30-25(32)21-20(22-24(28-27(34)39-22)38-23(21)26(30)33)15-2-6-18(7-3-15)37-14-19(31)29-10-12-36-13-11-29/h2-9,20-21,23H,10-14H2,1H3,(H,28,34). The molecule has 3 atom stereocenters. The molecule has 3 aromatic rings. The Balaban J connectivity index is 1.27. The van der Waals surface area contributed by atoms with E-state index in [1.807, 2.05) is 12.1 Å². The number of rotatable bonds is 6. The van der Waals surface area contributed by atoms with Crippen molar-refractivity contribution in [1.82, 2.24) is 9.88 Å². The Labute approximate surface area is 231 Å². The van der Waals surface area contributed by atoms with Crippen LogP contribution in [0.1, 0.15) is 16.4 Å². The van der Waals surface area contributed by atoms with Gasteiger partial charge in [-0.2, -0.15) is 0 Å². The molecule has 2 saturated heterocycles. The first kappa shape index (κ1) is 25.7. The van der Waals surface area contributed by atoms with Gasteiger partial charge in [0.05, 0.1) is 37.0 Å². The van der Waals surface area contributed by atoms with E-state index in [1.165, 1.54) is 16.7 Å². The molecule has 4 heterocycles. The fourth-order valence-corrected chi connectivity index (χ4v) is 7.70. The zero-order valence-corrected chi connectivity index (χ0v) is 22.6. The van der Waals surface area contributed by atoms with Gasteiger partial charge >= 0.3 is 4.87 Å². The molecule has 202 valence electrons. The fourth-order valence-electron chi connectivity index (χ4n) is 5.18. The number of nitrogens with one attached hydrogen (secondary N) is 1. The Bertz CT molecular complexity index is 1460. The summed E-state index contributed by atoms with van der Waals surface area (Å²) in [6, 6.07) is 13.9. The van der Waals surface area contributed by atoms with E-state index in [0.717, 1.165) is 21.8 Å². The largest absolute Gasteiger partial charge is 0.497 e. The summed E-state index contributed by atoms with van der Waals surface area (Å²) < 4.78 is 16.2. The lowest BCUT2D eigenvalue weighted by atomic mass is 9.83. The van der Waals surface area contributed by atoms with Crippen LogP contribution in [0.5, 0.6) is 11.5 Å². The van der Waals surface area contributed by atoms with Crippen LogP contribution in [-0.4, -0.2) is 72.9 Å². The van der Waals surface area contributed by atoms with Gasteiger partial charge in [-0.1, -0.05) is 35.2 Å². The molecule has 0 radical (unpaired) electrons. The monoisotopic (exact) mass is 567 g/mol. The highest BCUT2D eigenvalue weighted by atomic mass is 32.2. The number of hydrogen-bond donors (Lipinski definition) is 1. The van der Waals surface area contributed by atoms with Crippen LogP contribution in [-0.2, 0) is 19.1 Å². The van der Waals surface area contributed by atoms with Crippen molar-refractivity contribution >= 4 is 46.5 Å². The van der Waals surface area contributed by atoms with Crippen LogP contribution in [0.3, 0.4) is 0 Å². The maximum atomic E-state index is 13.8. The molecule has 1 aromatic heterocycles. The van der Waals surface area contributed by atoms with Crippen LogP contribution in [0.25, 0.3) is 0 Å². The van der Waals surface area contributed by atoms with Crippen LogP contribution in [0.2, 0.25) is 0 Å². The molecule has 6 rings (SSSR count). The molecule has 0 aliphatic carbocycles. The molecule has 0 bridgehead atoms. The van der Waals surface area contributed by atoms with E-state index >= 15 is 0 Å². The number of fused-ring (bicyclic) bond motifs is 2. The summed E-state index contributed by atoms with van der Waals surface area (Å²) in [5.41, 5.74) is 1.26. The minimum absolute atomic E-state index is 0.0858. The van der Waals surface area contributed by atoms with Gasteiger partial charge in [0.2, 0.25) is 11.8 Å². The van der Waals surface area contributed by atoms with Crippen LogP contribution in [0, 0.1) is 5.92 Å². The molecule has 12 heteroatoms. The van der Waals surface area contributed by atoms with Gasteiger partial charge in [-0.05, 0) is 42.0 Å². The number of thioether (sulfide) groups is 1. The van der Waals surface area contributed by atoms with Gasteiger partial charge in [-0.3, -0.25) is 19.2 Å². The normalized spacial score (nSPS) is 22.4. The summed E-state index contributed by atoms with van der Waals surface area (Å²) in [5.74, 6) is -0.767. The van der Waals surface area contributed by atoms with Gasteiger partial charge in [0.1, 0.15) is 16.7 Å². The first-order chi connectivity index (χ1) is 18.9. The number of anilines is 1. The number of benzene rings is 2. The number of amides is 3. The Morgan fingerprint density at radius 3 is 2.38 bits per heavy atom. The zero-order chi connectivity index (χ0) is 27.1. The first-order valence-corrected chi connectivity index (χ1v) is 14.1. The highest BCUT2D eigenvalue weighted by Gasteiger charge is 2.56. The van der Waals surface area contributed by atoms with E-state index in [0.29, 0.717) is 48.5 Å². The number of carbonyl (C=O) groups is 3. The van der Waals surface area contributed by atoms with Crippen molar-refractivity contribution in [3.8, 4) is 11.5 Å². The van der Waals surface area contributed by atoms with E-state index in [1.54, 1.807) is 48.4 Å². The number of H-pyrrole nitrogens is 1. The van der Waals surface area contributed by atoms with Gasteiger partial charge in [0, 0.05) is 23.9 Å². The number of aromatic nitrogens is 1. The number of hydrogen-bond acceptors (Lipinski definition) is 9. The van der Waals surface area contributed by atoms with Crippen molar-refractivity contribution in [1.29, 1.82) is 0 Å². The predicted molar refractivity (Wildman–Crippen MR) is 145 cm³/mol. The van der Waals surface area contributed by atoms with Crippen molar-refractivity contribution in [2.24, 2.45) is 5.92 Å². The molecule has 3 amide bonds. The van der Waals surface area contributed by atoms with E-state index in [2.05, 4.69) is 4.98 Å². The van der Waals surface area contributed by atoms with Crippen molar-refractivity contribution in [3.63, 3.8) is 0 Å². The second-order valence-electron chi connectivity index (χ2n) is 9.31. The third-order valence-corrected chi connectivity index (χ3v) is 9.52. The molecule has 3 unspecified atom stereocenters. The molecule has 3 aliphatic heterocycles. The number of morpholine rings is 1. The number of imide groups is 1. The van der Waals surface area contributed by atoms with Gasteiger partial charge in [0.15, 0.2) is 6.61 Å². The van der Waals surface area contributed by atoms with Crippen LogP contribution < -0.4 is 19.2 Å². The third kappa shape index (κ3) is 4.72. The molecular weight excluding hydrogens is 542 g/mol.